The summed E-state index contributed by atoms with van der Waals surface area (Å²) in [5, 5.41) is 2.76. The highest BCUT2D eigenvalue weighted by molar-refractivity contribution is 5.94. The molecule has 1 unspecified atom stereocenters. The Balaban J connectivity index is 1.89. The van der Waals surface area contributed by atoms with Crippen molar-refractivity contribution in [3.63, 3.8) is 0 Å². The summed E-state index contributed by atoms with van der Waals surface area (Å²) in [6.07, 6.45) is 0. The first-order chi connectivity index (χ1) is 10.6. The lowest BCUT2D eigenvalue weighted by Crippen LogP contribution is -2.36. The molecule has 1 atom stereocenters. The molecule has 0 saturated carbocycles. The molecule has 1 N–H and O–H groups in total. The molecular weight excluding hydrogens is 285 g/mol. The zero-order valence-corrected chi connectivity index (χ0v) is 12.5. The van der Waals surface area contributed by atoms with Gasteiger partial charge in [-0.05, 0) is 37.3 Å². The van der Waals surface area contributed by atoms with Gasteiger partial charge in [-0.25, -0.2) is 4.39 Å². The van der Waals surface area contributed by atoms with Crippen molar-refractivity contribution in [1.82, 2.24) is 5.32 Å². The predicted molar refractivity (Wildman–Crippen MR) is 81.8 cm³/mol. The summed E-state index contributed by atoms with van der Waals surface area (Å²) >= 11 is 0. The highest BCUT2D eigenvalue weighted by atomic mass is 19.1. The number of rotatable bonds is 6. The molecule has 4 nitrogen and oxygen atoms in total. The lowest BCUT2D eigenvalue weighted by molar-refractivity contribution is 0.0926. The van der Waals surface area contributed by atoms with Gasteiger partial charge in [0.2, 0.25) is 0 Å². The summed E-state index contributed by atoms with van der Waals surface area (Å²) in [6.45, 7) is 2.15. The maximum Gasteiger partial charge on any atom is 0.251 e. The Hall–Kier alpha value is -2.56. The van der Waals surface area contributed by atoms with Crippen LogP contribution in [0.2, 0.25) is 0 Å². The molecule has 22 heavy (non-hydrogen) atoms. The standard InChI is InChI=1S/C17H18FNO3/c1-12(11-22-14-6-4-3-5-7-14)19-17(20)13-8-9-16(21-2)15(18)10-13/h3-10,12H,11H2,1-2H3,(H,19,20). The van der Waals surface area contributed by atoms with Crippen LogP contribution in [0.4, 0.5) is 4.39 Å². The molecule has 0 aliphatic heterocycles. The quantitative estimate of drug-likeness (QED) is 0.892. The van der Waals surface area contributed by atoms with Gasteiger partial charge < -0.3 is 14.8 Å². The first kappa shape index (κ1) is 15.8. The van der Waals surface area contributed by atoms with Gasteiger partial charge in [-0.1, -0.05) is 18.2 Å². The first-order valence-corrected chi connectivity index (χ1v) is 6.92. The van der Waals surface area contributed by atoms with Crippen molar-refractivity contribution in [3.8, 4) is 11.5 Å². The molecule has 2 aromatic carbocycles. The maximum absolute atomic E-state index is 13.6. The van der Waals surface area contributed by atoms with E-state index in [9.17, 15) is 9.18 Å². The largest absolute Gasteiger partial charge is 0.494 e. The Morgan fingerprint density at radius 3 is 2.59 bits per heavy atom. The number of amides is 1. The molecule has 0 heterocycles. The molecule has 0 bridgehead atoms. The predicted octanol–water partition coefficient (Wildman–Crippen LogP) is 3.03. The minimum atomic E-state index is -0.566. The Morgan fingerprint density at radius 1 is 1.23 bits per heavy atom. The fourth-order valence-electron chi connectivity index (χ4n) is 1.89. The van der Waals surface area contributed by atoms with Crippen molar-refractivity contribution >= 4 is 5.91 Å². The Morgan fingerprint density at radius 2 is 1.95 bits per heavy atom. The third-order valence-corrected chi connectivity index (χ3v) is 3.03. The highest BCUT2D eigenvalue weighted by Gasteiger charge is 2.13. The van der Waals surface area contributed by atoms with Crippen molar-refractivity contribution in [3.05, 3.63) is 59.9 Å². The highest BCUT2D eigenvalue weighted by Crippen LogP contribution is 2.17. The molecule has 1 amide bonds. The van der Waals surface area contributed by atoms with Gasteiger partial charge in [0.25, 0.3) is 5.91 Å². The van der Waals surface area contributed by atoms with Gasteiger partial charge in [-0.3, -0.25) is 4.79 Å². The molecular formula is C17H18FNO3. The normalized spacial score (nSPS) is 11.6. The number of benzene rings is 2. The van der Waals surface area contributed by atoms with Gasteiger partial charge in [-0.15, -0.1) is 0 Å². The van der Waals surface area contributed by atoms with E-state index in [0.717, 1.165) is 11.8 Å². The summed E-state index contributed by atoms with van der Waals surface area (Å²) < 4.78 is 24.0. The number of para-hydroxylation sites is 1. The van der Waals surface area contributed by atoms with Crippen LogP contribution >= 0.6 is 0 Å². The van der Waals surface area contributed by atoms with Crippen LogP contribution in [0.15, 0.2) is 48.5 Å². The van der Waals surface area contributed by atoms with E-state index < -0.39 is 5.82 Å². The average molecular weight is 303 g/mol. The van der Waals surface area contributed by atoms with Crippen LogP contribution in [0.5, 0.6) is 11.5 Å². The molecule has 2 aromatic rings. The fourth-order valence-corrected chi connectivity index (χ4v) is 1.89. The Labute approximate surface area is 128 Å². The summed E-state index contributed by atoms with van der Waals surface area (Å²) in [5.41, 5.74) is 0.241. The molecule has 2 rings (SSSR count). The maximum atomic E-state index is 13.6. The van der Waals surface area contributed by atoms with E-state index in [-0.39, 0.29) is 23.3 Å². The van der Waals surface area contributed by atoms with Crippen molar-refractivity contribution < 1.29 is 18.7 Å². The second-order valence-corrected chi connectivity index (χ2v) is 4.85. The van der Waals surface area contributed by atoms with E-state index in [1.54, 1.807) is 0 Å². The number of carbonyl (C=O) groups excluding carboxylic acids is 1. The number of methoxy groups -OCH3 is 1. The summed E-state index contributed by atoms with van der Waals surface area (Å²) in [7, 11) is 1.38. The van der Waals surface area contributed by atoms with Crippen molar-refractivity contribution in [2.75, 3.05) is 13.7 Å². The van der Waals surface area contributed by atoms with Crippen LogP contribution in [-0.2, 0) is 0 Å². The van der Waals surface area contributed by atoms with Crippen molar-refractivity contribution in [2.45, 2.75) is 13.0 Å². The zero-order valence-electron chi connectivity index (χ0n) is 12.5. The second kappa shape index (κ2) is 7.45. The van der Waals surface area contributed by atoms with Gasteiger partial charge >= 0.3 is 0 Å². The molecule has 5 heteroatoms. The van der Waals surface area contributed by atoms with E-state index in [2.05, 4.69) is 5.32 Å². The number of nitrogens with one attached hydrogen (secondary N) is 1. The van der Waals surface area contributed by atoms with Crippen LogP contribution in [0.1, 0.15) is 17.3 Å². The lowest BCUT2D eigenvalue weighted by atomic mass is 10.2. The summed E-state index contributed by atoms with van der Waals surface area (Å²) in [6, 6.07) is 13.2. The molecule has 0 aliphatic rings. The molecule has 0 aromatic heterocycles. The summed E-state index contributed by atoms with van der Waals surface area (Å²) in [5.74, 6) is -0.0786. The topological polar surface area (TPSA) is 47.6 Å². The SMILES string of the molecule is COc1ccc(C(=O)NC(C)COc2ccccc2)cc1F. The van der Waals surface area contributed by atoms with Crippen LogP contribution in [0.25, 0.3) is 0 Å². The number of hydrogen-bond acceptors (Lipinski definition) is 3. The van der Waals surface area contributed by atoms with Gasteiger partial charge in [0, 0.05) is 5.56 Å². The van der Waals surface area contributed by atoms with E-state index in [0.29, 0.717) is 6.61 Å². The van der Waals surface area contributed by atoms with E-state index in [4.69, 9.17) is 9.47 Å². The third kappa shape index (κ3) is 4.22. The number of halogens is 1. The van der Waals surface area contributed by atoms with Crippen molar-refractivity contribution in [2.24, 2.45) is 0 Å². The fraction of sp³-hybridized carbons (Fsp3) is 0.235. The van der Waals surface area contributed by atoms with Gasteiger partial charge in [-0.2, -0.15) is 0 Å². The molecule has 0 saturated heterocycles. The van der Waals surface area contributed by atoms with Crippen molar-refractivity contribution in [1.29, 1.82) is 0 Å². The monoisotopic (exact) mass is 303 g/mol. The van der Waals surface area contributed by atoms with Gasteiger partial charge in [0.1, 0.15) is 12.4 Å². The second-order valence-electron chi connectivity index (χ2n) is 4.85. The first-order valence-electron chi connectivity index (χ1n) is 6.92. The Kier molecular flexibility index (Phi) is 5.36. The number of hydrogen-bond donors (Lipinski definition) is 1. The van der Waals surface area contributed by atoms with Crippen LogP contribution < -0.4 is 14.8 Å². The minimum Gasteiger partial charge on any atom is -0.494 e. The number of carbonyl (C=O) groups is 1. The average Bonchev–Trinajstić information content (AvgIpc) is 2.53. The molecule has 0 fully saturated rings. The van der Waals surface area contributed by atoms with Crippen LogP contribution in [0, 0.1) is 5.82 Å². The number of ether oxygens (including phenoxy) is 2. The van der Waals surface area contributed by atoms with Crippen LogP contribution in [-0.4, -0.2) is 25.7 Å². The molecule has 0 radical (unpaired) electrons. The smallest absolute Gasteiger partial charge is 0.251 e. The summed E-state index contributed by atoms with van der Waals surface area (Å²) in [4.78, 5) is 12.0. The lowest BCUT2D eigenvalue weighted by Gasteiger charge is -2.15. The van der Waals surface area contributed by atoms with E-state index in [1.807, 2.05) is 37.3 Å². The molecule has 0 aliphatic carbocycles. The van der Waals surface area contributed by atoms with E-state index in [1.165, 1.54) is 19.2 Å². The Bertz CT molecular complexity index is 631. The van der Waals surface area contributed by atoms with Crippen LogP contribution in [0.3, 0.4) is 0 Å². The molecule has 116 valence electrons. The van der Waals surface area contributed by atoms with E-state index >= 15 is 0 Å². The third-order valence-electron chi connectivity index (χ3n) is 3.03. The zero-order chi connectivity index (χ0) is 15.9. The molecule has 0 spiro atoms. The van der Waals surface area contributed by atoms with Gasteiger partial charge in [0.05, 0.1) is 13.2 Å². The van der Waals surface area contributed by atoms with Gasteiger partial charge in [0.15, 0.2) is 11.6 Å². The minimum absolute atomic E-state index is 0.108.